The summed E-state index contributed by atoms with van der Waals surface area (Å²) >= 11 is 5.97. The molecule has 2 bridgehead atoms. The van der Waals surface area contributed by atoms with Crippen LogP contribution >= 0.6 is 11.6 Å². The number of carbonyl (C=O) groups is 1. The van der Waals surface area contributed by atoms with Crippen molar-refractivity contribution < 1.29 is 13.9 Å². The molecule has 4 rings (SSSR count). The van der Waals surface area contributed by atoms with Gasteiger partial charge in [0, 0.05) is 12.5 Å². The second kappa shape index (κ2) is 4.43. The summed E-state index contributed by atoms with van der Waals surface area (Å²) in [5.41, 5.74) is 0.914. The Morgan fingerprint density at radius 1 is 1.44 bits per heavy atom. The normalized spacial score (nSPS) is 33.1. The molecule has 1 aliphatic carbocycles. The molecule has 96 valence electrons. The number of hydrogen-bond donors (Lipinski definition) is 0. The van der Waals surface area contributed by atoms with Gasteiger partial charge in [0.15, 0.2) is 0 Å². The quantitative estimate of drug-likeness (QED) is 0.773. The molecule has 3 aliphatic rings. The Hall–Kier alpha value is -1.29. The van der Waals surface area contributed by atoms with Gasteiger partial charge in [0.25, 0.3) is 0 Å². The van der Waals surface area contributed by atoms with E-state index in [0.717, 1.165) is 5.56 Å². The fourth-order valence-corrected chi connectivity index (χ4v) is 3.10. The molecule has 0 aromatic heterocycles. The van der Waals surface area contributed by atoms with Gasteiger partial charge >= 0.3 is 6.09 Å². The fraction of sp³-hybridized carbons (Fsp3) is 0.462. The lowest BCUT2D eigenvalue weighted by molar-refractivity contribution is 0.0725. The minimum Gasteiger partial charge on any atom is -0.445 e. The van der Waals surface area contributed by atoms with Gasteiger partial charge in [0.05, 0.1) is 11.4 Å². The van der Waals surface area contributed by atoms with Gasteiger partial charge in [-0.2, -0.15) is 0 Å². The predicted molar refractivity (Wildman–Crippen MR) is 65.1 cm³/mol. The lowest BCUT2D eigenvalue weighted by Gasteiger charge is -2.35. The predicted octanol–water partition coefficient (Wildman–Crippen LogP) is 2.58. The van der Waals surface area contributed by atoms with Gasteiger partial charge in [-0.05, 0) is 5.56 Å². The van der Waals surface area contributed by atoms with E-state index in [1.165, 1.54) is 4.90 Å². The molecule has 1 saturated carbocycles. The van der Waals surface area contributed by atoms with E-state index in [1.54, 1.807) is 0 Å². The second-order valence-corrected chi connectivity index (χ2v) is 5.24. The smallest absolute Gasteiger partial charge is 0.410 e. The number of benzene rings is 1. The molecule has 1 aromatic carbocycles. The first-order chi connectivity index (χ1) is 8.68. The van der Waals surface area contributed by atoms with Gasteiger partial charge in [-0.15, -0.1) is 11.6 Å². The van der Waals surface area contributed by atoms with Crippen LogP contribution in [0.25, 0.3) is 0 Å². The van der Waals surface area contributed by atoms with E-state index < -0.39 is 18.3 Å². The summed E-state index contributed by atoms with van der Waals surface area (Å²) < 4.78 is 18.6. The minimum absolute atomic E-state index is 0.206. The molecule has 3 fully saturated rings. The molecule has 1 amide bonds. The van der Waals surface area contributed by atoms with Crippen molar-refractivity contribution >= 4 is 17.7 Å². The monoisotopic (exact) mass is 269 g/mol. The molecule has 5 heteroatoms. The maximum atomic E-state index is 13.5. The van der Waals surface area contributed by atoms with Gasteiger partial charge in [-0.3, -0.25) is 0 Å². The van der Waals surface area contributed by atoms with Crippen LogP contribution in [0.4, 0.5) is 9.18 Å². The van der Waals surface area contributed by atoms with Crippen LogP contribution in [0.5, 0.6) is 0 Å². The van der Waals surface area contributed by atoms with Gasteiger partial charge in [-0.25, -0.2) is 9.18 Å². The number of ether oxygens (including phenoxy) is 1. The lowest BCUT2D eigenvalue weighted by Crippen LogP contribution is -2.52. The Balaban J connectivity index is 1.57. The number of hydrogen-bond acceptors (Lipinski definition) is 2. The Morgan fingerprint density at radius 2 is 2.17 bits per heavy atom. The van der Waals surface area contributed by atoms with Crippen molar-refractivity contribution in [2.45, 2.75) is 24.2 Å². The maximum Gasteiger partial charge on any atom is 0.410 e. The number of fused-ring (bicyclic) bond motifs is 1. The van der Waals surface area contributed by atoms with E-state index in [9.17, 15) is 9.18 Å². The van der Waals surface area contributed by atoms with Crippen LogP contribution in [0.1, 0.15) is 5.56 Å². The average Bonchev–Trinajstić information content (AvgIpc) is 2.94. The summed E-state index contributed by atoms with van der Waals surface area (Å²) in [6.45, 7) is 0.574. The highest BCUT2D eigenvalue weighted by molar-refractivity contribution is 6.22. The van der Waals surface area contributed by atoms with Crippen molar-refractivity contribution in [2.24, 2.45) is 5.92 Å². The van der Waals surface area contributed by atoms with Crippen LogP contribution in [0, 0.1) is 5.92 Å². The SMILES string of the molecule is O=C(OCc1ccccc1)N1C[C@H]2[C@@H](F)[C@@H]1[C@@H]2Cl. The number of alkyl halides is 2. The van der Waals surface area contributed by atoms with E-state index in [2.05, 4.69) is 0 Å². The Bertz CT molecular complexity index is 446. The summed E-state index contributed by atoms with van der Waals surface area (Å²) in [6, 6.07) is 8.90. The van der Waals surface area contributed by atoms with Gasteiger partial charge < -0.3 is 9.64 Å². The average molecular weight is 270 g/mol. The number of amides is 1. The van der Waals surface area contributed by atoms with Crippen LogP contribution in [0.15, 0.2) is 30.3 Å². The number of nitrogens with zero attached hydrogens (tertiary/aromatic N) is 1. The van der Waals surface area contributed by atoms with Gasteiger partial charge in [0.1, 0.15) is 12.8 Å². The first-order valence-corrected chi connectivity index (χ1v) is 6.37. The largest absolute Gasteiger partial charge is 0.445 e. The highest BCUT2D eigenvalue weighted by atomic mass is 35.5. The summed E-state index contributed by atoms with van der Waals surface area (Å²) in [6.07, 6.45) is -1.46. The Kier molecular flexibility index (Phi) is 2.90. The number of halogens is 2. The molecule has 2 heterocycles. The topological polar surface area (TPSA) is 29.5 Å². The Morgan fingerprint density at radius 3 is 2.72 bits per heavy atom. The third-order valence-electron chi connectivity index (χ3n) is 3.68. The third-order valence-corrected chi connectivity index (χ3v) is 4.26. The van der Waals surface area contributed by atoms with Crippen LogP contribution in [-0.2, 0) is 11.3 Å². The van der Waals surface area contributed by atoms with E-state index in [1.807, 2.05) is 30.3 Å². The van der Waals surface area contributed by atoms with E-state index in [-0.39, 0.29) is 17.9 Å². The summed E-state index contributed by atoms with van der Waals surface area (Å²) in [5, 5.41) is -0.260. The van der Waals surface area contributed by atoms with Crippen molar-refractivity contribution in [1.29, 1.82) is 0 Å². The molecule has 0 unspecified atom stereocenters. The second-order valence-electron chi connectivity index (χ2n) is 4.74. The third kappa shape index (κ3) is 1.75. The number of rotatable bonds is 2. The minimum atomic E-state index is -0.989. The van der Waals surface area contributed by atoms with Crippen LogP contribution in [-0.4, -0.2) is 35.1 Å². The molecule has 4 atom stereocenters. The van der Waals surface area contributed by atoms with Crippen LogP contribution < -0.4 is 0 Å². The summed E-state index contributed by atoms with van der Waals surface area (Å²) in [4.78, 5) is 13.2. The highest BCUT2D eigenvalue weighted by Gasteiger charge is 2.62. The van der Waals surface area contributed by atoms with Crippen LogP contribution in [0.3, 0.4) is 0 Å². The van der Waals surface area contributed by atoms with E-state index in [0.29, 0.717) is 6.54 Å². The molecule has 2 saturated heterocycles. The van der Waals surface area contributed by atoms with E-state index >= 15 is 0 Å². The summed E-state index contributed by atoms with van der Waals surface area (Å²) in [5.74, 6) is -0.221. The molecule has 1 aromatic rings. The Labute approximate surface area is 109 Å². The van der Waals surface area contributed by atoms with E-state index in [4.69, 9.17) is 16.3 Å². The molecular formula is C13H13ClFNO2. The van der Waals surface area contributed by atoms with Crippen molar-refractivity contribution in [3.05, 3.63) is 35.9 Å². The van der Waals surface area contributed by atoms with Crippen LogP contribution in [0.2, 0.25) is 0 Å². The maximum absolute atomic E-state index is 13.5. The van der Waals surface area contributed by atoms with Crippen molar-refractivity contribution in [2.75, 3.05) is 6.54 Å². The molecule has 3 nitrogen and oxygen atoms in total. The zero-order valence-electron chi connectivity index (χ0n) is 9.63. The highest BCUT2D eigenvalue weighted by Crippen LogP contribution is 2.46. The molecule has 0 radical (unpaired) electrons. The first-order valence-electron chi connectivity index (χ1n) is 5.94. The zero-order valence-corrected chi connectivity index (χ0v) is 10.4. The zero-order chi connectivity index (χ0) is 12.7. The van der Waals surface area contributed by atoms with Gasteiger partial charge in [0.2, 0.25) is 0 Å². The fourth-order valence-electron chi connectivity index (χ4n) is 2.60. The molecule has 0 N–H and O–H groups in total. The summed E-state index contributed by atoms with van der Waals surface area (Å²) in [7, 11) is 0. The molecular weight excluding hydrogens is 257 g/mol. The molecule has 0 spiro atoms. The number of carbonyl (C=O) groups excluding carboxylic acids is 1. The molecule has 18 heavy (non-hydrogen) atoms. The van der Waals surface area contributed by atoms with Gasteiger partial charge in [-0.1, -0.05) is 30.3 Å². The lowest BCUT2D eigenvalue weighted by atomic mass is 9.83. The molecule has 2 aliphatic heterocycles. The van der Waals surface area contributed by atoms with Crippen molar-refractivity contribution in [3.63, 3.8) is 0 Å². The first kappa shape index (κ1) is 11.8. The van der Waals surface area contributed by atoms with Crippen molar-refractivity contribution in [1.82, 2.24) is 4.90 Å². The standard InChI is InChI=1S/C13H13ClFNO2/c14-10-9-6-16(12(10)11(9)15)13(17)18-7-8-4-2-1-3-5-8/h1-5,9-12H,6-7H2/t9-,10-,11-,12+/m1/s1. The van der Waals surface area contributed by atoms with Crippen molar-refractivity contribution in [3.8, 4) is 0 Å².